The van der Waals surface area contributed by atoms with Gasteiger partial charge in [-0.15, -0.1) is 0 Å². The van der Waals surface area contributed by atoms with Gasteiger partial charge in [-0.25, -0.2) is 4.79 Å². The van der Waals surface area contributed by atoms with Crippen molar-refractivity contribution < 1.29 is 37.4 Å². The van der Waals surface area contributed by atoms with Crippen LogP contribution in [0.4, 0.5) is 18.0 Å². The number of ether oxygens (including phenoxy) is 1. The summed E-state index contributed by atoms with van der Waals surface area (Å²) in [7, 11) is 0. The number of nitrogens with one attached hydrogen (secondary N) is 2. The molecule has 3 N–H and O–H groups in total. The molecule has 3 amide bonds. The lowest BCUT2D eigenvalue weighted by Gasteiger charge is -2.48. The molecule has 1 heterocycles. The van der Waals surface area contributed by atoms with Crippen LogP contribution in [0, 0.1) is 0 Å². The third-order valence-corrected chi connectivity index (χ3v) is 7.50. The highest BCUT2D eigenvalue weighted by molar-refractivity contribution is 6.01. The van der Waals surface area contributed by atoms with Crippen molar-refractivity contribution in [2.45, 2.75) is 89.3 Å². The van der Waals surface area contributed by atoms with E-state index >= 15 is 0 Å². The number of amides is 3. The summed E-state index contributed by atoms with van der Waals surface area (Å²) in [5, 5.41) is 16.4. The zero-order valence-electron chi connectivity index (χ0n) is 25.1. The average molecular weight is 607 g/mol. The molecule has 1 saturated carbocycles. The van der Waals surface area contributed by atoms with Gasteiger partial charge in [0.25, 0.3) is 5.91 Å². The highest BCUT2D eigenvalue weighted by Crippen LogP contribution is 2.37. The minimum absolute atomic E-state index is 0.103. The molecule has 236 valence electrons. The van der Waals surface area contributed by atoms with Crippen molar-refractivity contribution in [3.05, 3.63) is 59.7 Å². The summed E-state index contributed by atoms with van der Waals surface area (Å²) in [5.74, 6) is -1.18. The normalized spacial score (nSPS) is 22.1. The standard InChI is InChI=1S/C31H41F3N4O5/c1-6-23(37-28(41)43-29(3,4)5)11-10-20(2)30(42)14-12-25(13-15-30)38-18-24(19-38)36-26(39)17-35-27(40)21-8-7-9-22(16-21)31(32,33)34/h7-11,16,24-25,42H,2,6,12-15,17-19H2,1,3-5H3,(H,35,40)(H,36,39)/b11-10-,37-23?. The van der Waals surface area contributed by atoms with Crippen molar-refractivity contribution in [2.75, 3.05) is 19.6 Å². The van der Waals surface area contributed by atoms with Gasteiger partial charge in [-0.3, -0.25) is 14.5 Å². The number of carbonyl (C=O) groups excluding carboxylic acids is 3. The Kier molecular flexibility index (Phi) is 10.9. The summed E-state index contributed by atoms with van der Waals surface area (Å²) in [4.78, 5) is 42.7. The van der Waals surface area contributed by atoms with Gasteiger partial charge >= 0.3 is 12.3 Å². The van der Waals surface area contributed by atoms with Gasteiger partial charge in [-0.2, -0.15) is 18.2 Å². The first-order valence-electron chi connectivity index (χ1n) is 14.4. The molecule has 2 aliphatic rings. The van der Waals surface area contributed by atoms with Crippen molar-refractivity contribution in [3.63, 3.8) is 0 Å². The maximum absolute atomic E-state index is 12.9. The van der Waals surface area contributed by atoms with Gasteiger partial charge in [0.1, 0.15) is 5.60 Å². The Morgan fingerprint density at radius 3 is 2.40 bits per heavy atom. The van der Waals surface area contributed by atoms with Crippen LogP contribution in [0.3, 0.4) is 0 Å². The lowest BCUT2D eigenvalue weighted by molar-refractivity contribution is -0.137. The Hall–Kier alpha value is -3.51. The fourth-order valence-corrected chi connectivity index (χ4v) is 5.03. The Labute approximate surface area is 250 Å². The molecular formula is C31H41F3N4O5. The number of aliphatic hydroxyl groups is 1. The maximum atomic E-state index is 12.9. The van der Waals surface area contributed by atoms with E-state index in [1.54, 1.807) is 32.9 Å². The van der Waals surface area contributed by atoms with Crippen molar-refractivity contribution in [2.24, 2.45) is 4.99 Å². The van der Waals surface area contributed by atoms with E-state index in [-0.39, 0.29) is 24.2 Å². The number of halogens is 3. The minimum atomic E-state index is -4.57. The number of hydrogen-bond acceptors (Lipinski definition) is 6. The molecule has 0 radical (unpaired) electrons. The third-order valence-electron chi connectivity index (χ3n) is 7.50. The fraction of sp³-hybridized carbons (Fsp3) is 0.548. The van der Waals surface area contributed by atoms with E-state index in [0.717, 1.165) is 31.0 Å². The Balaban J connectivity index is 1.40. The number of likely N-dealkylation sites (tertiary alicyclic amines) is 1. The number of rotatable bonds is 9. The van der Waals surface area contributed by atoms with Crippen LogP contribution in [-0.4, -0.2) is 76.5 Å². The molecule has 0 atom stereocenters. The molecule has 0 bridgehead atoms. The van der Waals surface area contributed by atoms with Crippen LogP contribution in [0.25, 0.3) is 0 Å². The largest absolute Gasteiger partial charge is 0.442 e. The predicted octanol–water partition coefficient (Wildman–Crippen LogP) is 4.81. The summed E-state index contributed by atoms with van der Waals surface area (Å²) in [6.45, 7) is 12.1. The van der Waals surface area contributed by atoms with Gasteiger partial charge in [0.05, 0.1) is 23.8 Å². The molecule has 1 aromatic rings. The zero-order valence-corrected chi connectivity index (χ0v) is 25.1. The van der Waals surface area contributed by atoms with Crippen LogP contribution in [0.2, 0.25) is 0 Å². The molecule has 43 heavy (non-hydrogen) atoms. The number of alkyl halides is 3. The van der Waals surface area contributed by atoms with Crippen LogP contribution in [0.1, 0.15) is 75.7 Å². The number of carbonyl (C=O) groups is 3. The van der Waals surface area contributed by atoms with E-state index in [0.29, 0.717) is 43.6 Å². The van der Waals surface area contributed by atoms with Crippen LogP contribution in [0.15, 0.2) is 53.6 Å². The number of benzene rings is 1. The second-order valence-electron chi connectivity index (χ2n) is 12.0. The van der Waals surface area contributed by atoms with E-state index in [2.05, 4.69) is 27.1 Å². The van der Waals surface area contributed by atoms with E-state index in [1.165, 1.54) is 6.07 Å². The third kappa shape index (κ3) is 10.0. The SMILES string of the molecule is C=C(/C=C\C(CC)=NC(=O)OC(C)(C)C)C1(O)CCC(N2CC(NC(=O)CNC(=O)c3cccc(C(F)(F)F)c3)C2)CC1. The maximum Gasteiger partial charge on any atom is 0.434 e. The van der Waals surface area contributed by atoms with Crippen molar-refractivity contribution in [3.8, 4) is 0 Å². The quantitative estimate of drug-likeness (QED) is 0.274. The van der Waals surface area contributed by atoms with Crippen LogP contribution in [0.5, 0.6) is 0 Å². The molecule has 1 saturated heterocycles. The van der Waals surface area contributed by atoms with Gasteiger partial charge in [-0.05, 0) is 82.7 Å². The smallest absolute Gasteiger partial charge is 0.434 e. The van der Waals surface area contributed by atoms with E-state index in [9.17, 15) is 32.7 Å². The van der Waals surface area contributed by atoms with E-state index in [4.69, 9.17) is 4.74 Å². The molecule has 0 unspecified atom stereocenters. The monoisotopic (exact) mass is 606 g/mol. The fourth-order valence-electron chi connectivity index (χ4n) is 5.03. The first-order chi connectivity index (χ1) is 20.0. The summed E-state index contributed by atoms with van der Waals surface area (Å²) in [6.07, 6.45) is 1.18. The van der Waals surface area contributed by atoms with Crippen LogP contribution >= 0.6 is 0 Å². The zero-order chi connectivity index (χ0) is 32.0. The van der Waals surface area contributed by atoms with E-state index < -0.39 is 40.8 Å². The highest BCUT2D eigenvalue weighted by Gasteiger charge is 2.40. The van der Waals surface area contributed by atoms with Gasteiger partial charge in [0.15, 0.2) is 0 Å². The number of aliphatic imine (C=N–C) groups is 1. The molecule has 3 rings (SSSR count). The number of nitrogens with zero attached hydrogens (tertiary/aromatic N) is 2. The predicted molar refractivity (Wildman–Crippen MR) is 157 cm³/mol. The Morgan fingerprint density at radius 2 is 1.81 bits per heavy atom. The molecule has 1 aromatic carbocycles. The lowest BCUT2D eigenvalue weighted by Crippen LogP contribution is -2.63. The van der Waals surface area contributed by atoms with Crippen molar-refractivity contribution >= 4 is 23.6 Å². The first-order valence-corrected chi connectivity index (χ1v) is 14.4. The number of allylic oxidation sites excluding steroid dienone is 1. The second-order valence-corrected chi connectivity index (χ2v) is 12.0. The molecule has 1 aliphatic carbocycles. The second kappa shape index (κ2) is 13.9. The molecule has 9 nitrogen and oxygen atoms in total. The van der Waals surface area contributed by atoms with Crippen molar-refractivity contribution in [1.82, 2.24) is 15.5 Å². The molecule has 2 fully saturated rings. The first kappa shape index (κ1) is 34.0. The van der Waals surface area contributed by atoms with Gasteiger partial charge in [0, 0.05) is 30.4 Å². The summed E-state index contributed by atoms with van der Waals surface area (Å²) in [5.41, 5.74) is -1.73. The van der Waals surface area contributed by atoms with Gasteiger partial charge < -0.3 is 20.5 Å². The lowest BCUT2D eigenvalue weighted by atomic mass is 9.76. The molecule has 12 heteroatoms. The Bertz CT molecular complexity index is 1250. The van der Waals surface area contributed by atoms with Gasteiger partial charge in [0.2, 0.25) is 5.91 Å². The Morgan fingerprint density at radius 1 is 1.16 bits per heavy atom. The summed E-state index contributed by atoms with van der Waals surface area (Å²) in [6, 6.07) is 4.16. The average Bonchev–Trinajstić information content (AvgIpc) is 2.90. The topological polar surface area (TPSA) is 120 Å². The number of hydrogen-bond donors (Lipinski definition) is 3. The minimum Gasteiger partial charge on any atom is -0.442 e. The highest BCUT2D eigenvalue weighted by atomic mass is 19.4. The summed E-state index contributed by atoms with van der Waals surface area (Å²) < 4.78 is 43.9. The van der Waals surface area contributed by atoms with Crippen molar-refractivity contribution in [1.29, 1.82) is 0 Å². The van der Waals surface area contributed by atoms with Crippen LogP contribution < -0.4 is 10.6 Å². The molecule has 1 aliphatic heterocycles. The van der Waals surface area contributed by atoms with E-state index in [1.807, 2.05) is 6.92 Å². The molecule has 0 aromatic heterocycles. The molecular weight excluding hydrogens is 565 g/mol. The van der Waals surface area contributed by atoms with Crippen LogP contribution in [-0.2, 0) is 15.7 Å². The van der Waals surface area contributed by atoms with Gasteiger partial charge in [-0.1, -0.05) is 25.6 Å². The molecule has 0 spiro atoms. The summed E-state index contributed by atoms with van der Waals surface area (Å²) >= 11 is 0.